The highest BCUT2D eigenvalue weighted by molar-refractivity contribution is 5.93. The van der Waals surface area contributed by atoms with Gasteiger partial charge >= 0.3 is 5.97 Å². The zero-order valence-electron chi connectivity index (χ0n) is 10.6. The Hall–Kier alpha value is -1.68. The summed E-state index contributed by atoms with van der Waals surface area (Å²) in [7, 11) is 0. The van der Waals surface area contributed by atoms with E-state index >= 15 is 0 Å². The van der Waals surface area contributed by atoms with Gasteiger partial charge in [-0.3, -0.25) is 4.79 Å². The number of hydrogen-bond acceptors (Lipinski definition) is 4. The molecule has 4 nitrogen and oxygen atoms in total. The van der Waals surface area contributed by atoms with Crippen molar-refractivity contribution >= 4 is 11.8 Å². The Labute approximate surface area is 107 Å². The monoisotopic (exact) mass is 250 g/mol. The molecule has 0 aliphatic carbocycles. The van der Waals surface area contributed by atoms with Crippen LogP contribution in [0.2, 0.25) is 0 Å². The number of ether oxygens (including phenoxy) is 1. The van der Waals surface area contributed by atoms with Gasteiger partial charge in [-0.15, -0.1) is 0 Å². The molecule has 1 N–H and O–H groups in total. The Morgan fingerprint density at radius 2 is 1.89 bits per heavy atom. The van der Waals surface area contributed by atoms with Crippen LogP contribution in [0.5, 0.6) is 0 Å². The Bertz CT molecular complexity index is 396. The van der Waals surface area contributed by atoms with Gasteiger partial charge in [-0.25, -0.2) is 4.79 Å². The van der Waals surface area contributed by atoms with E-state index in [-0.39, 0.29) is 12.4 Å². The van der Waals surface area contributed by atoms with Crippen molar-refractivity contribution in [3.8, 4) is 0 Å². The number of aliphatic hydroxyl groups excluding tert-OH is 1. The molecule has 0 heterocycles. The maximum atomic E-state index is 11.8. The molecule has 0 aromatic heterocycles. The van der Waals surface area contributed by atoms with Crippen LogP contribution >= 0.6 is 0 Å². The first-order chi connectivity index (χ1) is 8.60. The predicted molar refractivity (Wildman–Crippen MR) is 67.2 cm³/mol. The van der Waals surface area contributed by atoms with Crippen LogP contribution in [-0.4, -0.2) is 29.6 Å². The summed E-state index contributed by atoms with van der Waals surface area (Å²) in [4.78, 5) is 23.6. The summed E-state index contributed by atoms with van der Waals surface area (Å²) in [5, 5.41) is 9.04. The lowest BCUT2D eigenvalue weighted by molar-refractivity contribution is -0.132. The number of ketones is 1. The molecule has 0 spiro atoms. The van der Waals surface area contributed by atoms with E-state index in [0.29, 0.717) is 12.0 Å². The predicted octanol–water partition coefficient (Wildman–Crippen LogP) is 1.82. The molecule has 1 aromatic rings. The molecule has 0 aliphatic heterocycles. The van der Waals surface area contributed by atoms with Crippen LogP contribution in [-0.2, 0) is 9.53 Å². The summed E-state index contributed by atoms with van der Waals surface area (Å²) >= 11 is 0. The highest BCUT2D eigenvalue weighted by atomic mass is 16.5. The van der Waals surface area contributed by atoms with Crippen LogP contribution in [0, 0.1) is 5.92 Å². The van der Waals surface area contributed by atoms with Crippen LogP contribution in [0.15, 0.2) is 30.3 Å². The summed E-state index contributed by atoms with van der Waals surface area (Å²) in [6, 6.07) is 8.51. The van der Waals surface area contributed by atoms with Crippen molar-refractivity contribution in [3.63, 3.8) is 0 Å². The van der Waals surface area contributed by atoms with Crippen molar-refractivity contribution in [1.29, 1.82) is 0 Å². The molecule has 1 rings (SSSR count). The fourth-order valence-corrected chi connectivity index (χ4v) is 1.61. The Morgan fingerprint density at radius 3 is 2.39 bits per heavy atom. The molecular formula is C14H18O4. The molecule has 0 unspecified atom stereocenters. The number of carbonyl (C=O) groups excluding carboxylic acids is 2. The second-order valence-electron chi connectivity index (χ2n) is 4.10. The molecule has 1 aromatic carbocycles. The zero-order chi connectivity index (χ0) is 13.5. The SMILES string of the molecule is CC[C@H](CO)C(=O)[C@H](C)OC(=O)c1ccccc1. The van der Waals surface area contributed by atoms with Crippen molar-refractivity contribution in [2.75, 3.05) is 6.61 Å². The summed E-state index contributed by atoms with van der Waals surface area (Å²) in [5.74, 6) is -1.24. The van der Waals surface area contributed by atoms with Gasteiger partial charge in [0.15, 0.2) is 11.9 Å². The number of esters is 1. The van der Waals surface area contributed by atoms with Gasteiger partial charge in [-0.1, -0.05) is 25.1 Å². The average molecular weight is 250 g/mol. The number of benzene rings is 1. The van der Waals surface area contributed by atoms with Gasteiger partial charge in [0.1, 0.15) is 0 Å². The Balaban J connectivity index is 2.62. The molecule has 0 amide bonds. The van der Waals surface area contributed by atoms with Crippen LogP contribution < -0.4 is 0 Å². The normalized spacial score (nSPS) is 13.7. The lowest BCUT2D eigenvalue weighted by Crippen LogP contribution is -2.31. The molecule has 4 heteroatoms. The molecule has 2 atom stereocenters. The summed E-state index contributed by atoms with van der Waals surface area (Å²) in [6.07, 6.45) is -0.308. The average Bonchev–Trinajstić information content (AvgIpc) is 2.40. The van der Waals surface area contributed by atoms with Gasteiger partial charge < -0.3 is 9.84 Å². The van der Waals surface area contributed by atoms with E-state index in [1.165, 1.54) is 6.92 Å². The number of rotatable bonds is 6. The fraction of sp³-hybridized carbons (Fsp3) is 0.429. The van der Waals surface area contributed by atoms with E-state index in [0.717, 1.165) is 0 Å². The van der Waals surface area contributed by atoms with E-state index in [1.54, 1.807) is 30.3 Å². The van der Waals surface area contributed by atoms with Crippen molar-refractivity contribution in [3.05, 3.63) is 35.9 Å². The first-order valence-corrected chi connectivity index (χ1v) is 6.00. The minimum Gasteiger partial charge on any atom is -0.451 e. The molecule has 0 bridgehead atoms. The van der Waals surface area contributed by atoms with Crippen LogP contribution in [0.25, 0.3) is 0 Å². The van der Waals surface area contributed by atoms with Crippen LogP contribution in [0.1, 0.15) is 30.6 Å². The van der Waals surface area contributed by atoms with Gasteiger partial charge in [0.2, 0.25) is 0 Å². The van der Waals surface area contributed by atoms with E-state index < -0.39 is 18.0 Å². The van der Waals surface area contributed by atoms with Gasteiger partial charge in [-0.2, -0.15) is 0 Å². The third-order valence-electron chi connectivity index (χ3n) is 2.81. The van der Waals surface area contributed by atoms with Gasteiger partial charge in [-0.05, 0) is 25.5 Å². The summed E-state index contributed by atoms with van der Waals surface area (Å²) < 4.78 is 5.08. The number of aliphatic hydroxyl groups is 1. The third kappa shape index (κ3) is 3.67. The van der Waals surface area contributed by atoms with E-state index in [4.69, 9.17) is 9.84 Å². The zero-order valence-corrected chi connectivity index (χ0v) is 10.6. The van der Waals surface area contributed by atoms with Crippen molar-refractivity contribution < 1.29 is 19.4 Å². The number of carbonyl (C=O) groups is 2. The summed E-state index contributed by atoms with van der Waals surface area (Å²) in [5.41, 5.74) is 0.411. The van der Waals surface area contributed by atoms with Crippen LogP contribution in [0.3, 0.4) is 0 Å². The van der Waals surface area contributed by atoms with Crippen LogP contribution in [0.4, 0.5) is 0 Å². The highest BCUT2D eigenvalue weighted by Gasteiger charge is 2.25. The Kier molecular flexibility index (Phi) is 5.52. The van der Waals surface area contributed by atoms with Crippen molar-refractivity contribution in [2.45, 2.75) is 26.4 Å². The number of Topliss-reactive ketones (excluding diaryl/α,β-unsaturated/α-hetero) is 1. The lowest BCUT2D eigenvalue weighted by Gasteiger charge is -2.17. The lowest BCUT2D eigenvalue weighted by atomic mass is 9.99. The minimum absolute atomic E-state index is 0.220. The molecule has 0 saturated heterocycles. The van der Waals surface area contributed by atoms with Gasteiger partial charge in [0.05, 0.1) is 12.2 Å². The van der Waals surface area contributed by atoms with E-state index in [9.17, 15) is 9.59 Å². The van der Waals surface area contributed by atoms with Crippen molar-refractivity contribution in [2.24, 2.45) is 5.92 Å². The third-order valence-corrected chi connectivity index (χ3v) is 2.81. The standard InChI is InChI=1S/C14H18O4/c1-3-11(9-15)13(16)10(2)18-14(17)12-7-5-4-6-8-12/h4-8,10-11,15H,3,9H2,1-2H3/t10-,11+/m0/s1. The first kappa shape index (κ1) is 14.4. The molecule has 0 radical (unpaired) electrons. The summed E-state index contributed by atoms with van der Waals surface area (Å²) in [6.45, 7) is 3.12. The molecule has 0 aliphatic rings. The topological polar surface area (TPSA) is 63.6 Å². The minimum atomic E-state index is -0.838. The Morgan fingerprint density at radius 1 is 1.28 bits per heavy atom. The second kappa shape index (κ2) is 6.91. The van der Waals surface area contributed by atoms with E-state index in [2.05, 4.69) is 0 Å². The maximum absolute atomic E-state index is 11.8. The molecule has 18 heavy (non-hydrogen) atoms. The fourth-order valence-electron chi connectivity index (χ4n) is 1.61. The smallest absolute Gasteiger partial charge is 0.338 e. The maximum Gasteiger partial charge on any atom is 0.338 e. The van der Waals surface area contributed by atoms with Crippen molar-refractivity contribution in [1.82, 2.24) is 0 Å². The molecule has 0 fully saturated rings. The second-order valence-corrected chi connectivity index (χ2v) is 4.10. The van der Waals surface area contributed by atoms with E-state index in [1.807, 2.05) is 6.92 Å². The largest absolute Gasteiger partial charge is 0.451 e. The molecule has 98 valence electrons. The number of hydrogen-bond donors (Lipinski definition) is 1. The first-order valence-electron chi connectivity index (χ1n) is 6.00. The quantitative estimate of drug-likeness (QED) is 0.782. The molecule has 0 saturated carbocycles. The molecular weight excluding hydrogens is 232 g/mol. The van der Waals surface area contributed by atoms with Gasteiger partial charge in [0.25, 0.3) is 0 Å². The highest BCUT2D eigenvalue weighted by Crippen LogP contribution is 2.11. The van der Waals surface area contributed by atoms with Gasteiger partial charge in [0, 0.05) is 5.92 Å².